The Kier molecular flexibility index (Phi) is 7.37. The van der Waals surface area contributed by atoms with Gasteiger partial charge in [0.2, 0.25) is 11.8 Å². The third kappa shape index (κ3) is 5.31. The fraction of sp³-hybridized carbons (Fsp3) is 0.333. The van der Waals surface area contributed by atoms with Gasteiger partial charge in [0.25, 0.3) is 0 Å². The van der Waals surface area contributed by atoms with Crippen molar-refractivity contribution >= 4 is 11.8 Å². The van der Waals surface area contributed by atoms with E-state index in [-0.39, 0.29) is 31.0 Å². The first kappa shape index (κ1) is 24.3. The lowest BCUT2D eigenvalue weighted by Crippen LogP contribution is -2.38. The van der Waals surface area contributed by atoms with E-state index < -0.39 is 6.10 Å². The summed E-state index contributed by atoms with van der Waals surface area (Å²) < 4.78 is 24.7. The molecule has 184 valence electrons. The number of rotatable bonds is 8. The molecule has 0 aliphatic carbocycles. The number of amidine groups is 1. The summed E-state index contributed by atoms with van der Waals surface area (Å²) in [7, 11) is 3.00. The zero-order valence-electron chi connectivity index (χ0n) is 19.7. The minimum atomic E-state index is -0.523. The molecule has 1 unspecified atom stereocenters. The molecule has 0 saturated carbocycles. The van der Waals surface area contributed by atoms with Gasteiger partial charge < -0.3 is 30.5 Å². The predicted molar refractivity (Wildman–Crippen MR) is 127 cm³/mol. The van der Waals surface area contributed by atoms with Gasteiger partial charge in [0.05, 0.1) is 42.4 Å². The van der Waals surface area contributed by atoms with Crippen LogP contribution in [0.4, 0.5) is 10.3 Å². The largest absolute Gasteiger partial charge is 0.481 e. The average Bonchev–Trinajstić information content (AvgIpc) is 2.86. The van der Waals surface area contributed by atoms with Gasteiger partial charge >= 0.3 is 0 Å². The molecule has 1 aliphatic rings. The number of aryl methyl sites for hydroxylation is 1. The van der Waals surface area contributed by atoms with Gasteiger partial charge in [-0.2, -0.15) is 0 Å². The van der Waals surface area contributed by atoms with Crippen molar-refractivity contribution in [2.75, 3.05) is 33.2 Å². The first-order valence-electron chi connectivity index (χ1n) is 11.0. The van der Waals surface area contributed by atoms with Gasteiger partial charge in [-0.1, -0.05) is 17.3 Å². The summed E-state index contributed by atoms with van der Waals surface area (Å²) in [6, 6.07) is 9.50. The number of halogens is 1. The fourth-order valence-corrected chi connectivity index (χ4v) is 3.97. The summed E-state index contributed by atoms with van der Waals surface area (Å²) in [5, 5.41) is 17.0. The Morgan fingerprint density at radius 1 is 1.23 bits per heavy atom. The van der Waals surface area contributed by atoms with Crippen molar-refractivity contribution in [1.29, 1.82) is 0 Å². The Balaban J connectivity index is 1.76. The van der Waals surface area contributed by atoms with Crippen LogP contribution in [0.25, 0.3) is 11.3 Å². The van der Waals surface area contributed by atoms with Crippen molar-refractivity contribution in [3.8, 4) is 17.1 Å². The SMILES string of the molecule is COc1cccc(-c2cc(F)ccc2[C@H]2Cc3nc(N)nc(C)c3/C(=N/OCC(CO)OC)N2)n1. The fourth-order valence-electron chi connectivity index (χ4n) is 3.97. The number of nitrogens with zero attached hydrogens (tertiary/aromatic N) is 4. The number of fused-ring (bicyclic) bond motifs is 1. The minimum absolute atomic E-state index is 0.0442. The Morgan fingerprint density at radius 2 is 2.06 bits per heavy atom. The number of anilines is 1. The van der Waals surface area contributed by atoms with Gasteiger partial charge in [-0.15, -0.1) is 0 Å². The molecule has 3 heterocycles. The van der Waals surface area contributed by atoms with Crippen molar-refractivity contribution < 1.29 is 23.8 Å². The van der Waals surface area contributed by atoms with Crippen molar-refractivity contribution in [2.45, 2.75) is 25.5 Å². The van der Waals surface area contributed by atoms with Crippen LogP contribution in [-0.4, -0.2) is 59.4 Å². The van der Waals surface area contributed by atoms with Crippen LogP contribution in [0.1, 0.15) is 28.6 Å². The van der Waals surface area contributed by atoms with E-state index in [1.54, 1.807) is 24.3 Å². The topological polar surface area (TPSA) is 137 Å². The van der Waals surface area contributed by atoms with Crippen LogP contribution in [0.15, 0.2) is 41.6 Å². The zero-order valence-corrected chi connectivity index (χ0v) is 19.7. The molecule has 0 spiro atoms. The molecular weight excluding hydrogens is 455 g/mol. The molecule has 0 bridgehead atoms. The van der Waals surface area contributed by atoms with Crippen LogP contribution in [0.2, 0.25) is 0 Å². The Bertz CT molecular complexity index is 1230. The van der Waals surface area contributed by atoms with E-state index in [1.165, 1.54) is 26.4 Å². The monoisotopic (exact) mass is 482 g/mol. The highest BCUT2D eigenvalue weighted by atomic mass is 19.1. The van der Waals surface area contributed by atoms with Crippen LogP contribution in [0.5, 0.6) is 5.88 Å². The van der Waals surface area contributed by atoms with E-state index in [0.717, 1.165) is 5.56 Å². The molecule has 2 atom stereocenters. The molecule has 0 saturated heterocycles. The summed E-state index contributed by atoms with van der Waals surface area (Å²) in [6.45, 7) is 1.64. The number of benzene rings is 1. The second kappa shape index (κ2) is 10.6. The first-order valence-corrected chi connectivity index (χ1v) is 11.0. The Morgan fingerprint density at radius 3 is 2.80 bits per heavy atom. The second-order valence-corrected chi connectivity index (χ2v) is 7.96. The van der Waals surface area contributed by atoms with E-state index in [4.69, 9.17) is 20.0 Å². The predicted octanol–water partition coefficient (Wildman–Crippen LogP) is 2.15. The molecule has 11 heteroatoms. The molecular formula is C24H27FN6O4. The molecule has 1 aliphatic heterocycles. The zero-order chi connectivity index (χ0) is 24.9. The van der Waals surface area contributed by atoms with Gasteiger partial charge in [-0.05, 0) is 30.7 Å². The maximum atomic E-state index is 14.3. The lowest BCUT2D eigenvalue weighted by Gasteiger charge is -2.29. The molecule has 4 rings (SSSR count). The van der Waals surface area contributed by atoms with E-state index in [1.807, 2.05) is 6.92 Å². The number of oxime groups is 1. The standard InChI is InChI=1S/C24H27FN6O4/c1-13-22-20(30-24(26)27-13)10-19(29-23(22)31-35-12-15(11-32)33-2)16-8-7-14(25)9-17(16)18-5-4-6-21(28-18)34-3/h4-9,15,19,32H,10-12H2,1-3H3,(H,29,31)(H2,26,27,30)/t15?,19-/m1/s1. The maximum absolute atomic E-state index is 14.3. The summed E-state index contributed by atoms with van der Waals surface area (Å²) in [6.07, 6.45) is -0.0770. The van der Waals surface area contributed by atoms with Crippen LogP contribution in [0, 0.1) is 12.7 Å². The van der Waals surface area contributed by atoms with Crippen molar-refractivity contribution in [1.82, 2.24) is 20.3 Å². The molecule has 0 fully saturated rings. The Labute approximate surface area is 202 Å². The number of hydrogen-bond acceptors (Lipinski definition) is 9. The number of ether oxygens (including phenoxy) is 2. The number of aromatic nitrogens is 3. The third-order valence-corrected chi connectivity index (χ3v) is 5.68. The van der Waals surface area contributed by atoms with Crippen LogP contribution in [-0.2, 0) is 16.0 Å². The number of aliphatic hydroxyl groups excluding tert-OH is 1. The quantitative estimate of drug-likeness (QED) is 0.412. The highest BCUT2D eigenvalue weighted by molar-refractivity contribution is 6.01. The summed E-state index contributed by atoms with van der Waals surface area (Å²) in [5.41, 5.74) is 9.87. The maximum Gasteiger partial charge on any atom is 0.220 e. The number of nitrogens with two attached hydrogens (primary N) is 1. The van der Waals surface area contributed by atoms with Gasteiger partial charge in [0, 0.05) is 25.2 Å². The summed E-state index contributed by atoms with van der Waals surface area (Å²) >= 11 is 0. The number of pyridine rings is 1. The van der Waals surface area contributed by atoms with Gasteiger partial charge in [-0.25, -0.2) is 19.3 Å². The molecule has 0 amide bonds. The van der Waals surface area contributed by atoms with Gasteiger partial charge in [0.1, 0.15) is 18.5 Å². The number of nitrogen functional groups attached to an aromatic ring is 1. The molecule has 3 aromatic rings. The van der Waals surface area contributed by atoms with E-state index in [0.29, 0.717) is 46.3 Å². The van der Waals surface area contributed by atoms with Crippen LogP contribution < -0.4 is 15.8 Å². The highest BCUT2D eigenvalue weighted by Crippen LogP contribution is 2.34. The van der Waals surface area contributed by atoms with Crippen molar-refractivity contribution in [3.63, 3.8) is 0 Å². The lowest BCUT2D eigenvalue weighted by molar-refractivity contribution is -0.0187. The lowest BCUT2D eigenvalue weighted by atomic mass is 9.90. The van der Waals surface area contributed by atoms with Crippen LogP contribution in [0.3, 0.4) is 0 Å². The average molecular weight is 483 g/mol. The van der Waals surface area contributed by atoms with Crippen molar-refractivity contribution in [3.05, 3.63) is 64.7 Å². The number of aliphatic hydroxyl groups is 1. The normalized spacial score (nSPS) is 16.9. The summed E-state index contributed by atoms with van der Waals surface area (Å²) in [4.78, 5) is 18.7. The van der Waals surface area contributed by atoms with Gasteiger partial charge in [-0.3, -0.25) is 0 Å². The second-order valence-electron chi connectivity index (χ2n) is 7.96. The van der Waals surface area contributed by atoms with E-state index >= 15 is 0 Å². The highest BCUT2D eigenvalue weighted by Gasteiger charge is 2.30. The summed E-state index contributed by atoms with van der Waals surface area (Å²) in [5.74, 6) is 0.577. The van der Waals surface area contributed by atoms with E-state index in [9.17, 15) is 9.50 Å². The number of methoxy groups -OCH3 is 2. The minimum Gasteiger partial charge on any atom is -0.481 e. The molecule has 1 aromatic carbocycles. The Hall–Kier alpha value is -3.83. The smallest absolute Gasteiger partial charge is 0.220 e. The number of hydrogen-bond donors (Lipinski definition) is 3. The van der Waals surface area contributed by atoms with Crippen LogP contribution >= 0.6 is 0 Å². The molecule has 35 heavy (non-hydrogen) atoms. The number of nitrogens with one attached hydrogen (secondary N) is 1. The first-order chi connectivity index (χ1) is 16.9. The molecule has 2 aromatic heterocycles. The third-order valence-electron chi connectivity index (χ3n) is 5.68. The van der Waals surface area contributed by atoms with Gasteiger partial charge in [0.15, 0.2) is 5.84 Å². The molecule has 10 nitrogen and oxygen atoms in total. The molecule has 4 N–H and O–H groups in total. The van der Waals surface area contributed by atoms with Crippen molar-refractivity contribution in [2.24, 2.45) is 5.16 Å². The molecule has 0 radical (unpaired) electrons. The van der Waals surface area contributed by atoms with E-state index in [2.05, 4.69) is 25.4 Å².